The molecule has 0 saturated carbocycles. The topological polar surface area (TPSA) is 0 Å². The molecule has 4 rings (SSSR count). The first-order valence-electron chi connectivity index (χ1n) is 6.89. The van der Waals surface area contributed by atoms with Gasteiger partial charge in [0.25, 0.3) is 0 Å². The van der Waals surface area contributed by atoms with E-state index in [2.05, 4.69) is 54.6 Å². The van der Waals surface area contributed by atoms with Crippen molar-refractivity contribution in [3.63, 3.8) is 0 Å². The molecule has 5 heteroatoms. The summed E-state index contributed by atoms with van der Waals surface area (Å²) >= 11 is 0. The van der Waals surface area contributed by atoms with Gasteiger partial charge in [-0.25, -0.2) is 0 Å². The molecule has 26 heavy (non-hydrogen) atoms. The Morgan fingerprint density at radius 3 is 1.38 bits per heavy atom. The van der Waals surface area contributed by atoms with Crippen LogP contribution in [0.2, 0.25) is 0 Å². The minimum atomic E-state index is 0. The second kappa shape index (κ2) is 22.5. The monoisotopic (exact) mass is 501 g/mol. The summed E-state index contributed by atoms with van der Waals surface area (Å²) < 4.78 is 0. The van der Waals surface area contributed by atoms with Crippen LogP contribution in [0.15, 0.2) is 103 Å². The minimum Gasteiger partial charge on any atom is -0.184 e. The third-order valence-corrected chi connectivity index (χ3v) is 2.76. The van der Waals surface area contributed by atoms with Crippen molar-refractivity contribution in [3.8, 4) is 0 Å². The molecule has 0 fully saturated rings. The van der Waals surface area contributed by atoms with Crippen LogP contribution >= 0.6 is 47.1 Å². The quantitative estimate of drug-likeness (QED) is 0.182. The Morgan fingerprint density at radius 1 is 0.577 bits per heavy atom. The van der Waals surface area contributed by atoms with Gasteiger partial charge in [-0.2, -0.15) is 100 Å². The summed E-state index contributed by atoms with van der Waals surface area (Å²) in [6.07, 6.45) is 0. The largest absolute Gasteiger partial charge is 3.00 e. The van der Waals surface area contributed by atoms with E-state index in [1.54, 1.807) is 0 Å². The van der Waals surface area contributed by atoms with E-state index in [9.17, 15) is 0 Å². The fraction of sp³-hybridized carbons (Fsp3) is 0. The van der Waals surface area contributed by atoms with Gasteiger partial charge in [-0.15, -0.1) is 66.9 Å². The van der Waals surface area contributed by atoms with Crippen LogP contribution in [0.4, 0.5) is 0 Å². The van der Waals surface area contributed by atoms with Crippen molar-refractivity contribution < 1.29 is 26.2 Å². The minimum absolute atomic E-state index is 0. The molecule has 0 aromatic heterocycles. The van der Waals surface area contributed by atoms with E-state index in [0.29, 0.717) is 0 Å². The van der Waals surface area contributed by atoms with Crippen molar-refractivity contribution in [2.45, 2.75) is 0 Å². The van der Waals surface area contributed by atoms with E-state index in [0.717, 1.165) is 0 Å². The fourth-order valence-corrected chi connectivity index (χ4v) is 1.75. The van der Waals surface area contributed by atoms with Crippen LogP contribution in [0, 0.1) is 12.1 Å². The molecule has 0 nitrogen and oxygen atoms in total. The Morgan fingerprint density at radius 2 is 1.04 bits per heavy atom. The van der Waals surface area contributed by atoms with Crippen LogP contribution in [-0.4, -0.2) is 0 Å². The first kappa shape index (κ1) is 33.1. The molecule has 1 atom stereocenters. The van der Waals surface area contributed by atoms with Crippen molar-refractivity contribution >= 4 is 57.9 Å². The van der Waals surface area contributed by atoms with Crippen molar-refractivity contribution in [1.82, 2.24) is 0 Å². The Labute approximate surface area is 198 Å². The molecular formula is C21H23Cl3PZr. The molecule has 0 N–H and O–H groups in total. The van der Waals surface area contributed by atoms with Gasteiger partial charge in [-0.3, -0.25) is 0 Å². The zero-order valence-electron chi connectivity index (χ0n) is 14.2. The summed E-state index contributed by atoms with van der Waals surface area (Å²) in [5.41, 5.74) is 0. The zero-order chi connectivity index (χ0) is 14.6. The average Bonchev–Trinajstić information content (AvgIpc) is 3.08. The fourth-order valence-electron chi connectivity index (χ4n) is 1.75. The summed E-state index contributed by atoms with van der Waals surface area (Å²) in [5, 5.41) is 2.66. The second-order valence-electron chi connectivity index (χ2n) is 4.31. The first-order valence-corrected chi connectivity index (χ1v) is 6.89. The maximum Gasteiger partial charge on any atom is 3.00 e. The number of rotatable bonds is 0. The molecule has 0 saturated heterocycles. The van der Waals surface area contributed by atoms with Gasteiger partial charge in [-0.05, 0) is 0 Å². The molecule has 4 aromatic carbocycles. The summed E-state index contributed by atoms with van der Waals surface area (Å²) in [6.45, 7) is 0. The smallest absolute Gasteiger partial charge is 0.184 e. The van der Waals surface area contributed by atoms with Gasteiger partial charge in [0.1, 0.15) is 0 Å². The Hall–Kier alpha value is -0.547. The van der Waals surface area contributed by atoms with E-state index in [1.165, 1.54) is 10.8 Å². The van der Waals surface area contributed by atoms with E-state index >= 15 is 0 Å². The van der Waals surface area contributed by atoms with E-state index < -0.39 is 0 Å². The normalized spacial score (nSPS) is 7.23. The Bertz CT molecular complexity index is 604. The van der Waals surface area contributed by atoms with Crippen molar-refractivity contribution in [3.05, 3.63) is 115 Å². The van der Waals surface area contributed by atoms with Gasteiger partial charge in [0.05, 0.1) is 0 Å². The third-order valence-electron chi connectivity index (χ3n) is 2.76. The average molecular weight is 504 g/mol. The molecule has 0 spiro atoms. The number of fused-ring (bicyclic) bond motifs is 1. The van der Waals surface area contributed by atoms with Gasteiger partial charge < -0.3 is 0 Å². The van der Waals surface area contributed by atoms with Crippen LogP contribution in [0.5, 0.6) is 0 Å². The number of hydrogen-bond donors (Lipinski definition) is 0. The SMILES string of the molecule is Cl.Cl.Cl.P.[Zr+3].[c-]1ccccc1.[c-]1ccccc1.c1ccc2[cH-]ccc2c1. The van der Waals surface area contributed by atoms with E-state index in [4.69, 9.17) is 0 Å². The molecule has 0 aliphatic rings. The van der Waals surface area contributed by atoms with Crippen molar-refractivity contribution in [2.75, 3.05) is 0 Å². The molecule has 0 heterocycles. The third kappa shape index (κ3) is 14.6. The summed E-state index contributed by atoms with van der Waals surface area (Å²) in [6, 6.07) is 39.7. The first-order chi connectivity index (χ1) is 10.5. The van der Waals surface area contributed by atoms with Gasteiger partial charge in [0, 0.05) is 0 Å². The van der Waals surface area contributed by atoms with Crippen LogP contribution in [-0.2, 0) is 26.2 Å². The molecule has 4 aromatic rings. The van der Waals surface area contributed by atoms with Crippen LogP contribution in [0.25, 0.3) is 10.8 Å². The molecule has 0 aliphatic carbocycles. The van der Waals surface area contributed by atoms with Crippen LogP contribution in [0.3, 0.4) is 0 Å². The van der Waals surface area contributed by atoms with Crippen LogP contribution < -0.4 is 0 Å². The maximum absolute atomic E-state index is 2.89. The molecule has 1 radical (unpaired) electrons. The van der Waals surface area contributed by atoms with Gasteiger partial charge in [0.2, 0.25) is 0 Å². The number of benzene rings is 3. The summed E-state index contributed by atoms with van der Waals surface area (Å²) in [4.78, 5) is 0. The summed E-state index contributed by atoms with van der Waals surface area (Å²) in [5.74, 6) is 0. The van der Waals surface area contributed by atoms with E-state index in [-0.39, 0.29) is 73.3 Å². The molecular weight excluding hydrogens is 481 g/mol. The molecule has 1 unspecified atom stereocenters. The van der Waals surface area contributed by atoms with Gasteiger partial charge >= 0.3 is 26.2 Å². The standard InChI is InChI=1S/C9H7.2C6H5.3ClH.H3P.Zr/c1-2-5-9-7-3-6-8(9)4-1;2*1-2-4-6-5-3-1;;;;;/h1-7H;2*1-5H;3*1H;1H3;/q3*-1;;;;;+3. The second-order valence-corrected chi connectivity index (χ2v) is 4.31. The van der Waals surface area contributed by atoms with Crippen molar-refractivity contribution in [1.29, 1.82) is 0 Å². The maximum atomic E-state index is 2.89. The van der Waals surface area contributed by atoms with Gasteiger partial charge in [-0.1, -0.05) is 6.07 Å². The molecule has 0 bridgehead atoms. The Kier molecular flexibility index (Phi) is 28.6. The molecule has 0 amide bonds. The molecule has 137 valence electrons. The van der Waals surface area contributed by atoms with Gasteiger partial charge in [0.15, 0.2) is 0 Å². The zero-order valence-corrected chi connectivity index (χ0v) is 20.6. The number of hydrogen-bond acceptors (Lipinski definition) is 0. The van der Waals surface area contributed by atoms with Crippen molar-refractivity contribution in [2.24, 2.45) is 0 Å². The van der Waals surface area contributed by atoms with Crippen LogP contribution in [0.1, 0.15) is 0 Å². The predicted molar refractivity (Wildman–Crippen MR) is 123 cm³/mol. The Balaban J connectivity index is -0.000000131. The predicted octanol–water partition coefficient (Wildman–Crippen LogP) is 6.85. The summed E-state index contributed by atoms with van der Waals surface area (Å²) in [7, 11) is 0. The molecule has 0 aliphatic heterocycles. The van der Waals surface area contributed by atoms with E-state index in [1.807, 2.05) is 60.7 Å². The number of halogens is 3.